The highest BCUT2D eigenvalue weighted by Crippen LogP contribution is 2.28. The van der Waals surface area contributed by atoms with Crippen LogP contribution in [0.5, 0.6) is 11.5 Å². The number of carbonyl (C=O) groups is 1. The van der Waals surface area contributed by atoms with Crippen molar-refractivity contribution in [1.82, 2.24) is 0 Å². The zero-order valence-corrected chi connectivity index (χ0v) is 16.5. The first-order chi connectivity index (χ1) is 14.3. The molecule has 0 spiro atoms. The van der Waals surface area contributed by atoms with Crippen molar-refractivity contribution in [3.05, 3.63) is 24.3 Å². The summed E-state index contributed by atoms with van der Waals surface area (Å²) in [6.07, 6.45) is 3.81. The molecule has 0 radical (unpaired) electrons. The van der Waals surface area contributed by atoms with Crippen LogP contribution in [0, 0.1) is 5.92 Å². The summed E-state index contributed by atoms with van der Waals surface area (Å²) in [5.41, 5.74) is 0. The van der Waals surface area contributed by atoms with Gasteiger partial charge in [0.15, 0.2) is 6.79 Å². The van der Waals surface area contributed by atoms with Crippen molar-refractivity contribution in [3.63, 3.8) is 0 Å². The number of benzene rings is 1. The minimum absolute atomic E-state index is 0.0930. The van der Waals surface area contributed by atoms with Gasteiger partial charge in [0, 0.05) is 0 Å². The second-order valence-electron chi connectivity index (χ2n) is 7.57. The number of ether oxygens (including phenoxy) is 7. The van der Waals surface area contributed by atoms with Gasteiger partial charge in [0.2, 0.25) is 0 Å². The van der Waals surface area contributed by atoms with Gasteiger partial charge in [-0.15, -0.1) is 0 Å². The number of hydrogen-bond acceptors (Lipinski definition) is 8. The molecule has 2 saturated heterocycles. The molecule has 0 N–H and O–H groups in total. The molecule has 2 unspecified atom stereocenters. The van der Waals surface area contributed by atoms with Gasteiger partial charge in [0.25, 0.3) is 0 Å². The van der Waals surface area contributed by atoms with Gasteiger partial charge in [-0.2, -0.15) is 0 Å². The lowest BCUT2D eigenvalue weighted by atomic mass is 9.87. The van der Waals surface area contributed by atoms with Crippen LogP contribution in [0.25, 0.3) is 0 Å². The van der Waals surface area contributed by atoms with E-state index in [4.69, 9.17) is 33.2 Å². The quantitative estimate of drug-likeness (QED) is 0.171. The second-order valence-corrected chi connectivity index (χ2v) is 7.57. The van der Waals surface area contributed by atoms with Crippen LogP contribution in [0.3, 0.4) is 0 Å². The van der Waals surface area contributed by atoms with Crippen molar-refractivity contribution < 1.29 is 38.0 Å². The lowest BCUT2D eigenvalue weighted by Gasteiger charge is -2.27. The van der Waals surface area contributed by atoms with Crippen molar-refractivity contribution in [2.24, 2.45) is 5.92 Å². The van der Waals surface area contributed by atoms with Crippen LogP contribution in [0.15, 0.2) is 24.3 Å². The Bertz CT molecular complexity index is 633. The van der Waals surface area contributed by atoms with Gasteiger partial charge in [-0.25, -0.2) is 0 Å². The molecule has 3 fully saturated rings. The van der Waals surface area contributed by atoms with E-state index < -0.39 is 0 Å². The molecule has 3 aliphatic rings. The van der Waals surface area contributed by atoms with E-state index in [1.807, 2.05) is 0 Å². The number of esters is 1. The van der Waals surface area contributed by atoms with Gasteiger partial charge < -0.3 is 33.2 Å². The van der Waals surface area contributed by atoms with E-state index in [9.17, 15) is 4.79 Å². The van der Waals surface area contributed by atoms with Crippen LogP contribution in [-0.4, -0.2) is 64.3 Å². The normalized spacial score (nSPS) is 28.0. The zero-order chi connectivity index (χ0) is 19.9. The van der Waals surface area contributed by atoms with Crippen LogP contribution in [0.2, 0.25) is 0 Å². The highest BCUT2D eigenvalue weighted by Gasteiger charge is 2.28. The van der Waals surface area contributed by atoms with Gasteiger partial charge in [-0.05, 0) is 49.9 Å². The predicted molar refractivity (Wildman–Crippen MR) is 101 cm³/mol. The summed E-state index contributed by atoms with van der Waals surface area (Å²) in [4.78, 5) is 12.4. The lowest BCUT2D eigenvalue weighted by Crippen LogP contribution is -2.29. The molecule has 0 amide bonds. The molecule has 29 heavy (non-hydrogen) atoms. The number of rotatable bonds is 12. The van der Waals surface area contributed by atoms with Crippen molar-refractivity contribution in [1.29, 1.82) is 0 Å². The Kier molecular flexibility index (Phi) is 7.34. The van der Waals surface area contributed by atoms with Crippen LogP contribution in [-0.2, 0) is 28.5 Å². The number of hydrogen-bond donors (Lipinski definition) is 0. The van der Waals surface area contributed by atoms with Crippen LogP contribution < -0.4 is 9.47 Å². The van der Waals surface area contributed by atoms with Crippen LogP contribution >= 0.6 is 0 Å². The van der Waals surface area contributed by atoms with E-state index in [1.54, 1.807) is 24.3 Å². The first-order valence-corrected chi connectivity index (χ1v) is 10.2. The molecule has 0 bridgehead atoms. The Balaban J connectivity index is 1.10. The van der Waals surface area contributed by atoms with Gasteiger partial charge >= 0.3 is 5.97 Å². The summed E-state index contributed by atoms with van der Waals surface area (Å²) in [6.45, 7) is 3.14. The Morgan fingerprint density at radius 3 is 2.07 bits per heavy atom. The topological polar surface area (TPSA) is 88.3 Å². The standard InChI is InChI=1S/C21H28O8/c22-21(15-1-3-16(4-2-15)27-13-23-9-19-11-25-19)29-18-7-5-17(6-8-18)28-14-24-10-20-12-26-20/h5-8,15-16,19-20H,1-4,9-14H2. The first-order valence-electron chi connectivity index (χ1n) is 10.2. The summed E-state index contributed by atoms with van der Waals surface area (Å²) in [5, 5.41) is 0. The van der Waals surface area contributed by atoms with Gasteiger partial charge in [-0.1, -0.05) is 0 Å². The Hall–Kier alpha value is -1.71. The summed E-state index contributed by atoms with van der Waals surface area (Å²) < 4.78 is 37.6. The minimum atomic E-state index is -0.188. The molecule has 160 valence electrons. The maximum absolute atomic E-state index is 12.4. The van der Waals surface area contributed by atoms with Crippen LogP contribution in [0.1, 0.15) is 25.7 Å². The Labute approximate surface area is 170 Å². The minimum Gasteiger partial charge on any atom is -0.468 e. The third kappa shape index (κ3) is 7.24. The number of epoxide rings is 2. The van der Waals surface area contributed by atoms with Gasteiger partial charge in [0.05, 0.1) is 38.4 Å². The average Bonchev–Trinajstić information content (AvgIpc) is 3.66. The van der Waals surface area contributed by atoms with Crippen LogP contribution in [0.4, 0.5) is 0 Å². The highest BCUT2D eigenvalue weighted by molar-refractivity contribution is 5.75. The molecular formula is C21H28O8. The van der Waals surface area contributed by atoms with E-state index in [2.05, 4.69) is 0 Å². The summed E-state index contributed by atoms with van der Waals surface area (Å²) in [5.74, 6) is 0.898. The Morgan fingerprint density at radius 2 is 1.45 bits per heavy atom. The maximum atomic E-state index is 12.4. The Morgan fingerprint density at radius 1 is 0.862 bits per heavy atom. The largest absolute Gasteiger partial charge is 0.468 e. The maximum Gasteiger partial charge on any atom is 0.314 e. The zero-order valence-electron chi connectivity index (χ0n) is 16.5. The van der Waals surface area contributed by atoms with E-state index >= 15 is 0 Å². The fraction of sp³-hybridized carbons (Fsp3) is 0.667. The summed E-state index contributed by atoms with van der Waals surface area (Å²) >= 11 is 0. The van der Waals surface area contributed by atoms with Gasteiger partial charge in [0.1, 0.15) is 30.5 Å². The lowest BCUT2D eigenvalue weighted by molar-refractivity contribution is -0.143. The fourth-order valence-corrected chi connectivity index (χ4v) is 3.21. The summed E-state index contributed by atoms with van der Waals surface area (Å²) in [7, 11) is 0. The molecule has 4 rings (SSSR count). The SMILES string of the molecule is O=C(Oc1ccc(OCOCC2CO2)cc1)C1CCC(OCOCC2CO2)CC1. The second kappa shape index (κ2) is 10.4. The smallest absolute Gasteiger partial charge is 0.314 e. The molecule has 2 aliphatic heterocycles. The van der Waals surface area contributed by atoms with E-state index in [0.717, 1.165) is 38.9 Å². The predicted octanol–water partition coefficient (Wildman–Crippen LogP) is 2.29. The van der Waals surface area contributed by atoms with E-state index in [0.29, 0.717) is 24.7 Å². The number of carbonyl (C=O) groups excluding carboxylic acids is 1. The van der Waals surface area contributed by atoms with E-state index in [-0.39, 0.29) is 43.8 Å². The molecule has 8 heteroatoms. The molecule has 1 aliphatic carbocycles. The molecular weight excluding hydrogens is 380 g/mol. The van der Waals surface area contributed by atoms with Gasteiger partial charge in [-0.3, -0.25) is 4.79 Å². The molecule has 2 atom stereocenters. The van der Waals surface area contributed by atoms with E-state index in [1.165, 1.54) is 0 Å². The van der Waals surface area contributed by atoms with Crippen molar-refractivity contribution >= 4 is 5.97 Å². The molecule has 2 heterocycles. The van der Waals surface area contributed by atoms with Crippen molar-refractivity contribution in [2.45, 2.75) is 44.0 Å². The molecule has 0 aromatic heterocycles. The molecule has 1 aromatic carbocycles. The average molecular weight is 408 g/mol. The van der Waals surface area contributed by atoms with Crippen molar-refractivity contribution in [2.75, 3.05) is 40.0 Å². The third-order valence-corrected chi connectivity index (χ3v) is 5.16. The summed E-state index contributed by atoms with van der Waals surface area (Å²) in [6, 6.07) is 6.98. The highest BCUT2D eigenvalue weighted by atomic mass is 16.7. The fourth-order valence-electron chi connectivity index (χ4n) is 3.21. The first kappa shape index (κ1) is 20.6. The monoisotopic (exact) mass is 408 g/mol. The molecule has 1 aromatic rings. The third-order valence-electron chi connectivity index (χ3n) is 5.16. The van der Waals surface area contributed by atoms with Crippen molar-refractivity contribution in [3.8, 4) is 11.5 Å². The molecule has 1 saturated carbocycles. The molecule has 8 nitrogen and oxygen atoms in total.